The van der Waals surface area contributed by atoms with Crippen LogP contribution in [0.15, 0.2) is 30.4 Å². The van der Waals surface area contributed by atoms with Gasteiger partial charge in [-0.3, -0.25) is 4.79 Å². The summed E-state index contributed by atoms with van der Waals surface area (Å²) in [4.78, 5) is 12.6. The molecule has 0 N–H and O–H groups in total. The monoisotopic (exact) mass is 205 g/mol. The molecule has 1 aliphatic heterocycles. The van der Waals surface area contributed by atoms with E-state index >= 15 is 0 Å². The molecular weight excluding hydrogens is 193 g/mol. The Morgan fingerprint density at radius 2 is 2.13 bits per heavy atom. The van der Waals surface area contributed by atoms with Crippen LogP contribution in [0.4, 0.5) is 10.1 Å². The van der Waals surface area contributed by atoms with Gasteiger partial charge < -0.3 is 4.90 Å². The lowest BCUT2D eigenvalue weighted by atomic mass is 10.1. The molecule has 0 radical (unpaired) electrons. The van der Waals surface area contributed by atoms with Crippen LogP contribution in [0.1, 0.15) is 16.8 Å². The second-order valence-corrected chi connectivity index (χ2v) is 3.57. The molecule has 0 spiro atoms. The molecule has 0 bridgehead atoms. The smallest absolute Gasteiger partial charge is 0.150 e. The van der Waals surface area contributed by atoms with Crippen LogP contribution in [-0.4, -0.2) is 19.4 Å². The van der Waals surface area contributed by atoms with E-state index in [0.717, 1.165) is 25.2 Å². The van der Waals surface area contributed by atoms with E-state index in [1.54, 1.807) is 6.07 Å². The zero-order chi connectivity index (χ0) is 10.7. The quantitative estimate of drug-likeness (QED) is 0.546. The Kier molecular flexibility index (Phi) is 2.81. The molecule has 0 fully saturated rings. The Bertz CT molecular complexity index is 401. The maximum Gasteiger partial charge on any atom is 0.150 e. The Hall–Kier alpha value is -1.64. The minimum atomic E-state index is -0.357. The minimum Gasteiger partial charge on any atom is -0.367 e. The Morgan fingerprint density at radius 3 is 2.80 bits per heavy atom. The predicted molar refractivity (Wildman–Crippen MR) is 57.8 cm³/mol. The lowest BCUT2D eigenvalue weighted by Crippen LogP contribution is -2.26. The largest absolute Gasteiger partial charge is 0.367 e. The molecule has 1 aliphatic rings. The lowest BCUT2D eigenvalue weighted by molar-refractivity contribution is 0.112. The second-order valence-electron chi connectivity index (χ2n) is 3.57. The first kappa shape index (κ1) is 9.90. The van der Waals surface area contributed by atoms with Gasteiger partial charge in [0.1, 0.15) is 12.1 Å². The molecule has 1 heterocycles. The standard InChI is InChI=1S/C12H12FNO/c13-11-6-10(9-15)7-12(8-11)14-4-2-1-3-5-14/h1-2,6-9H,3-5H2. The van der Waals surface area contributed by atoms with Gasteiger partial charge in [-0.25, -0.2) is 4.39 Å². The van der Waals surface area contributed by atoms with E-state index in [-0.39, 0.29) is 5.82 Å². The maximum absolute atomic E-state index is 13.2. The predicted octanol–water partition coefficient (Wildman–Crippen LogP) is 2.40. The highest BCUT2D eigenvalue weighted by Gasteiger charge is 2.09. The Morgan fingerprint density at radius 1 is 1.27 bits per heavy atom. The summed E-state index contributed by atoms with van der Waals surface area (Å²) in [5.74, 6) is -0.357. The summed E-state index contributed by atoms with van der Waals surface area (Å²) in [5, 5.41) is 0. The molecule has 1 aromatic rings. The van der Waals surface area contributed by atoms with Crippen molar-refractivity contribution < 1.29 is 9.18 Å². The summed E-state index contributed by atoms with van der Waals surface area (Å²) in [6.07, 6.45) is 5.80. The zero-order valence-electron chi connectivity index (χ0n) is 8.32. The van der Waals surface area contributed by atoms with Crippen molar-refractivity contribution in [2.45, 2.75) is 6.42 Å². The molecule has 0 saturated heterocycles. The van der Waals surface area contributed by atoms with Gasteiger partial charge >= 0.3 is 0 Å². The third kappa shape index (κ3) is 2.24. The third-order valence-corrected chi connectivity index (χ3v) is 2.46. The second kappa shape index (κ2) is 4.26. The van der Waals surface area contributed by atoms with E-state index < -0.39 is 0 Å². The van der Waals surface area contributed by atoms with E-state index in [1.165, 1.54) is 12.1 Å². The average molecular weight is 205 g/mol. The van der Waals surface area contributed by atoms with Gasteiger partial charge in [0.05, 0.1) is 0 Å². The van der Waals surface area contributed by atoms with Gasteiger partial charge in [0.2, 0.25) is 0 Å². The molecule has 3 heteroatoms. The van der Waals surface area contributed by atoms with Gasteiger partial charge in [-0.05, 0) is 24.6 Å². The van der Waals surface area contributed by atoms with E-state index in [9.17, 15) is 9.18 Å². The topological polar surface area (TPSA) is 20.3 Å². The van der Waals surface area contributed by atoms with Crippen LogP contribution in [-0.2, 0) is 0 Å². The summed E-state index contributed by atoms with van der Waals surface area (Å²) < 4.78 is 13.2. The van der Waals surface area contributed by atoms with Gasteiger partial charge in [-0.1, -0.05) is 12.2 Å². The van der Waals surface area contributed by atoms with Crippen molar-refractivity contribution in [2.75, 3.05) is 18.0 Å². The van der Waals surface area contributed by atoms with Gasteiger partial charge in [-0.2, -0.15) is 0 Å². The number of rotatable bonds is 2. The van der Waals surface area contributed by atoms with Gasteiger partial charge in [0.25, 0.3) is 0 Å². The van der Waals surface area contributed by atoms with Crippen LogP contribution in [0.5, 0.6) is 0 Å². The summed E-state index contributed by atoms with van der Waals surface area (Å²) in [6, 6.07) is 4.43. The summed E-state index contributed by atoms with van der Waals surface area (Å²) in [7, 11) is 0. The molecular formula is C12H12FNO. The zero-order valence-corrected chi connectivity index (χ0v) is 8.32. The summed E-state index contributed by atoms with van der Waals surface area (Å²) in [5.41, 5.74) is 1.17. The maximum atomic E-state index is 13.2. The van der Waals surface area contributed by atoms with E-state index in [4.69, 9.17) is 0 Å². The number of anilines is 1. The van der Waals surface area contributed by atoms with Crippen molar-refractivity contribution in [3.05, 3.63) is 41.7 Å². The molecule has 0 aromatic heterocycles. The normalized spacial score (nSPS) is 15.4. The van der Waals surface area contributed by atoms with Crippen molar-refractivity contribution in [1.82, 2.24) is 0 Å². The van der Waals surface area contributed by atoms with Crippen LogP contribution >= 0.6 is 0 Å². The van der Waals surface area contributed by atoms with Crippen LogP contribution in [0.3, 0.4) is 0 Å². The van der Waals surface area contributed by atoms with Crippen molar-refractivity contribution in [2.24, 2.45) is 0 Å². The highest BCUT2D eigenvalue weighted by atomic mass is 19.1. The fraction of sp³-hybridized carbons (Fsp3) is 0.250. The number of hydrogen-bond acceptors (Lipinski definition) is 2. The minimum absolute atomic E-state index is 0.357. The molecule has 0 saturated carbocycles. The number of carbonyl (C=O) groups is 1. The SMILES string of the molecule is O=Cc1cc(F)cc(N2CC=CCC2)c1. The molecule has 0 amide bonds. The van der Waals surface area contributed by atoms with Crippen molar-refractivity contribution in [3.8, 4) is 0 Å². The Balaban J connectivity index is 2.30. The van der Waals surface area contributed by atoms with E-state index in [2.05, 4.69) is 17.1 Å². The van der Waals surface area contributed by atoms with Crippen LogP contribution in [0.2, 0.25) is 0 Å². The number of hydrogen-bond donors (Lipinski definition) is 0. The highest BCUT2D eigenvalue weighted by molar-refractivity contribution is 5.77. The van der Waals surface area contributed by atoms with Crippen LogP contribution in [0.25, 0.3) is 0 Å². The van der Waals surface area contributed by atoms with Crippen molar-refractivity contribution in [3.63, 3.8) is 0 Å². The van der Waals surface area contributed by atoms with Gasteiger partial charge in [0.15, 0.2) is 0 Å². The number of carbonyl (C=O) groups excluding carboxylic acids is 1. The molecule has 78 valence electrons. The molecule has 0 atom stereocenters. The molecule has 0 aliphatic carbocycles. The molecule has 2 nitrogen and oxygen atoms in total. The summed E-state index contributed by atoms with van der Waals surface area (Å²) in [6.45, 7) is 1.65. The van der Waals surface area contributed by atoms with Crippen molar-refractivity contribution >= 4 is 12.0 Å². The molecule has 1 aromatic carbocycles. The lowest BCUT2D eigenvalue weighted by Gasteiger charge is -2.25. The first-order chi connectivity index (χ1) is 7.29. The molecule has 2 rings (SSSR count). The molecule has 15 heavy (non-hydrogen) atoms. The Labute approximate surface area is 88.0 Å². The third-order valence-electron chi connectivity index (χ3n) is 2.46. The first-order valence-corrected chi connectivity index (χ1v) is 4.95. The number of aldehydes is 1. The fourth-order valence-electron chi connectivity index (χ4n) is 1.72. The van der Waals surface area contributed by atoms with Crippen LogP contribution in [0, 0.1) is 5.82 Å². The fourth-order valence-corrected chi connectivity index (χ4v) is 1.72. The summed E-state index contributed by atoms with van der Waals surface area (Å²) >= 11 is 0. The molecule has 0 unspecified atom stereocenters. The highest BCUT2D eigenvalue weighted by Crippen LogP contribution is 2.19. The number of halogens is 1. The van der Waals surface area contributed by atoms with E-state index in [0.29, 0.717) is 11.8 Å². The van der Waals surface area contributed by atoms with Crippen LogP contribution < -0.4 is 4.90 Å². The number of benzene rings is 1. The number of nitrogens with zero attached hydrogens (tertiary/aromatic N) is 1. The van der Waals surface area contributed by atoms with Gasteiger partial charge in [0, 0.05) is 24.3 Å². The average Bonchev–Trinajstić information content (AvgIpc) is 2.29. The van der Waals surface area contributed by atoms with E-state index in [1.807, 2.05) is 0 Å². The van der Waals surface area contributed by atoms with Gasteiger partial charge in [-0.15, -0.1) is 0 Å². The first-order valence-electron chi connectivity index (χ1n) is 4.95. The van der Waals surface area contributed by atoms with Crippen molar-refractivity contribution in [1.29, 1.82) is 0 Å².